The molecule has 2 aromatic carbocycles. The highest BCUT2D eigenvalue weighted by Crippen LogP contribution is 2.27. The van der Waals surface area contributed by atoms with E-state index in [-0.39, 0.29) is 17.4 Å². The Balaban J connectivity index is 1.89. The van der Waals surface area contributed by atoms with Crippen molar-refractivity contribution < 1.29 is 19.1 Å². The van der Waals surface area contributed by atoms with Gasteiger partial charge in [0.15, 0.2) is 0 Å². The molecule has 0 aliphatic carbocycles. The minimum Gasteiger partial charge on any atom is -0.497 e. The van der Waals surface area contributed by atoms with Crippen LogP contribution in [-0.4, -0.2) is 47.5 Å². The number of nitrogens with zero attached hydrogens (tertiary/aromatic N) is 2. The quantitative estimate of drug-likeness (QED) is 0.617. The number of hydrazine groups is 1. The summed E-state index contributed by atoms with van der Waals surface area (Å²) in [6, 6.07) is 12.0. The lowest BCUT2D eigenvalue weighted by atomic mass is 10.1. The Labute approximate surface area is 190 Å². The predicted octanol–water partition coefficient (Wildman–Crippen LogP) is 2.52. The second-order valence-electron chi connectivity index (χ2n) is 6.65. The molecule has 162 valence electrons. The molecule has 2 aromatic rings. The minimum absolute atomic E-state index is 0.0618. The molecule has 10 heteroatoms. The molecule has 3 rings (SSSR count). The van der Waals surface area contributed by atoms with E-state index in [1.165, 1.54) is 17.0 Å². The van der Waals surface area contributed by atoms with E-state index in [2.05, 4.69) is 10.7 Å². The van der Waals surface area contributed by atoms with E-state index in [9.17, 15) is 14.4 Å². The second kappa shape index (κ2) is 9.76. The lowest BCUT2D eigenvalue weighted by molar-refractivity contribution is -0.127. The van der Waals surface area contributed by atoms with Gasteiger partial charge in [0.1, 0.15) is 11.8 Å². The third kappa shape index (κ3) is 4.95. The van der Waals surface area contributed by atoms with Gasteiger partial charge in [-0.25, -0.2) is 5.01 Å². The molecule has 1 fully saturated rings. The lowest BCUT2D eigenvalue weighted by Gasteiger charge is -2.24. The Kier molecular flexibility index (Phi) is 7.09. The van der Waals surface area contributed by atoms with Crippen molar-refractivity contribution in [2.75, 3.05) is 18.6 Å². The summed E-state index contributed by atoms with van der Waals surface area (Å²) in [5.41, 5.74) is 3.49. The highest BCUT2D eigenvalue weighted by atomic mass is 35.5. The number of rotatable bonds is 7. The Hall–Kier alpha value is -3.17. The molecule has 0 aromatic heterocycles. The van der Waals surface area contributed by atoms with Crippen molar-refractivity contribution in [2.24, 2.45) is 0 Å². The number of benzene rings is 2. The van der Waals surface area contributed by atoms with Crippen LogP contribution in [0, 0.1) is 0 Å². The van der Waals surface area contributed by atoms with Crippen LogP contribution < -0.4 is 20.4 Å². The number of thiocarbonyl (C=S) groups is 1. The van der Waals surface area contributed by atoms with Crippen LogP contribution in [0.3, 0.4) is 0 Å². The largest absolute Gasteiger partial charge is 0.497 e. The van der Waals surface area contributed by atoms with Crippen LogP contribution in [-0.2, 0) is 9.59 Å². The van der Waals surface area contributed by atoms with Crippen LogP contribution in [0.25, 0.3) is 0 Å². The number of ether oxygens (including phenoxy) is 1. The van der Waals surface area contributed by atoms with Crippen molar-refractivity contribution in [3.63, 3.8) is 0 Å². The van der Waals surface area contributed by atoms with Gasteiger partial charge in [-0.2, -0.15) is 0 Å². The van der Waals surface area contributed by atoms with Crippen LogP contribution >= 0.6 is 23.8 Å². The Morgan fingerprint density at radius 1 is 1.13 bits per heavy atom. The Morgan fingerprint density at radius 2 is 1.77 bits per heavy atom. The third-order valence-corrected chi connectivity index (χ3v) is 5.26. The molecule has 1 heterocycles. The number of hydrogen-bond donors (Lipinski definition) is 2. The van der Waals surface area contributed by atoms with Gasteiger partial charge in [-0.15, -0.1) is 0 Å². The summed E-state index contributed by atoms with van der Waals surface area (Å²) in [7, 11) is 1.54. The van der Waals surface area contributed by atoms with Crippen molar-refractivity contribution in [3.8, 4) is 5.75 Å². The molecular formula is C21H21ClN4O4S. The molecule has 8 nitrogen and oxygen atoms in total. The fraction of sp³-hybridized carbons (Fsp3) is 0.238. The van der Waals surface area contributed by atoms with Crippen LogP contribution in [0.4, 0.5) is 5.69 Å². The van der Waals surface area contributed by atoms with Crippen LogP contribution in [0.1, 0.15) is 23.7 Å². The van der Waals surface area contributed by atoms with Crippen molar-refractivity contribution in [2.45, 2.75) is 19.4 Å². The zero-order valence-electron chi connectivity index (χ0n) is 16.9. The first-order valence-electron chi connectivity index (χ1n) is 9.50. The normalized spacial score (nSPS) is 15.8. The summed E-state index contributed by atoms with van der Waals surface area (Å²) in [6.07, 6.45) is -0.166. The summed E-state index contributed by atoms with van der Waals surface area (Å²) in [5.74, 6) is -0.610. The molecule has 1 unspecified atom stereocenters. The molecule has 3 amide bonds. The molecule has 1 aliphatic rings. The van der Waals surface area contributed by atoms with Gasteiger partial charge in [0.05, 0.1) is 19.2 Å². The zero-order chi connectivity index (χ0) is 22.5. The smallest absolute Gasteiger partial charge is 0.269 e. The Morgan fingerprint density at radius 3 is 2.35 bits per heavy atom. The summed E-state index contributed by atoms with van der Waals surface area (Å²) < 4.78 is 5.15. The van der Waals surface area contributed by atoms with E-state index in [0.717, 1.165) is 0 Å². The number of hydrogen-bond acceptors (Lipinski definition) is 5. The maximum absolute atomic E-state index is 13.2. The van der Waals surface area contributed by atoms with Crippen LogP contribution in [0.15, 0.2) is 48.5 Å². The van der Waals surface area contributed by atoms with Crippen molar-refractivity contribution in [1.82, 2.24) is 15.8 Å². The van der Waals surface area contributed by atoms with E-state index < -0.39 is 17.9 Å². The van der Waals surface area contributed by atoms with Gasteiger partial charge < -0.3 is 10.1 Å². The average Bonchev–Trinajstić information content (AvgIpc) is 2.98. The predicted molar refractivity (Wildman–Crippen MR) is 121 cm³/mol. The number of carbonyl (C=O) groups is 3. The average molecular weight is 461 g/mol. The molecular weight excluding hydrogens is 440 g/mol. The van der Waals surface area contributed by atoms with Crippen molar-refractivity contribution in [1.29, 1.82) is 0 Å². The monoisotopic (exact) mass is 460 g/mol. The molecule has 0 spiro atoms. The third-order valence-electron chi connectivity index (χ3n) is 4.63. The first-order valence-corrected chi connectivity index (χ1v) is 10.3. The number of amides is 3. The minimum atomic E-state index is -0.989. The van der Waals surface area contributed by atoms with E-state index in [0.29, 0.717) is 28.6 Å². The summed E-state index contributed by atoms with van der Waals surface area (Å²) in [4.78, 5) is 39.5. The molecule has 1 atom stereocenters. The van der Waals surface area contributed by atoms with Gasteiger partial charge in [0, 0.05) is 17.1 Å². The summed E-state index contributed by atoms with van der Waals surface area (Å²) >= 11 is 11.4. The molecule has 0 bridgehead atoms. The maximum Gasteiger partial charge on any atom is 0.269 e. The maximum atomic E-state index is 13.2. The fourth-order valence-corrected chi connectivity index (χ4v) is 3.58. The number of methoxy groups -OCH3 is 1. The van der Waals surface area contributed by atoms with E-state index in [1.54, 1.807) is 55.5 Å². The molecule has 0 saturated carbocycles. The SMILES string of the molecule is CCNC(=O)CC1C(=O)N(c2ccc(OC)cc2)C(=S)N1NC(=O)c1ccc(Cl)cc1. The van der Waals surface area contributed by atoms with Gasteiger partial charge in [-0.3, -0.25) is 24.7 Å². The van der Waals surface area contributed by atoms with Crippen LogP contribution in [0.2, 0.25) is 5.02 Å². The van der Waals surface area contributed by atoms with Crippen LogP contribution in [0.5, 0.6) is 5.75 Å². The van der Waals surface area contributed by atoms with Gasteiger partial charge in [-0.1, -0.05) is 11.6 Å². The summed E-state index contributed by atoms with van der Waals surface area (Å²) in [5, 5.41) is 4.47. The molecule has 2 N–H and O–H groups in total. The van der Waals surface area contributed by atoms with Crippen molar-refractivity contribution in [3.05, 3.63) is 59.1 Å². The lowest BCUT2D eigenvalue weighted by Crippen LogP contribution is -2.50. The molecule has 1 saturated heterocycles. The second-order valence-corrected chi connectivity index (χ2v) is 7.45. The van der Waals surface area contributed by atoms with Gasteiger partial charge in [0.25, 0.3) is 11.8 Å². The highest BCUT2D eigenvalue weighted by molar-refractivity contribution is 7.80. The number of carbonyl (C=O) groups excluding carboxylic acids is 3. The fourth-order valence-electron chi connectivity index (χ4n) is 3.09. The number of nitrogens with one attached hydrogen (secondary N) is 2. The number of anilines is 1. The van der Waals surface area contributed by atoms with E-state index in [4.69, 9.17) is 28.6 Å². The highest BCUT2D eigenvalue weighted by Gasteiger charge is 2.45. The first kappa shape index (κ1) is 22.5. The van der Waals surface area contributed by atoms with E-state index in [1.807, 2.05) is 0 Å². The molecule has 31 heavy (non-hydrogen) atoms. The van der Waals surface area contributed by atoms with Gasteiger partial charge in [-0.05, 0) is 67.7 Å². The molecule has 0 radical (unpaired) electrons. The van der Waals surface area contributed by atoms with Gasteiger partial charge in [0.2, 0.25) is 11.0 Å². The molecule has 1 aliphatic heterocycles. The van der Waals surface area contributed by atoms with E-state index >= 15 is 0 Å². The number of halogens is 1. The Bertz CT molecular complexity index is 997. The summed E-state index contributed by atoms with van der Waals surface area (Å²) in [6.45, 7) is 2.20. The topological polar surface area (TPSA) is 91.0 Å². The van der Waals surface area contributed by atoms with Crippen molar-refractivity contribution >= 4 is 52.3 Å². The van der Waals surface area contributed by atoms with Gasteiger partial charge >= 0.3 is 0 Å². The standard InChI is InChI=1S/C21H21ClN4O4S/c1-3-23-18(27)12-17-20(29)25(15-8-10-16(30-2)11-9-15)21(31)26(17)24-19(28)13-4-6-14(22)7-5-13/h4-11,17H,3,12H2,1-2H3,(H,23,27)(H,24,28). The first-order chi connectivity index (χ1) is 14.8. The zero-order valence-corrected chi connectivity index (χ0v) is 18.5.